The summed E-state index contributed by atoms with van der Waals surface area (Å²) in [5.74, 6) is 1.45. The Bertz CT molecular complexity index is 399. The molecule has 0 bridgehead atoms. The predicted molar refractivity (Wildman–Crippen MR) is 91.5 cm³/mol. The van der Waals surface area contributed by atoms with Crippen LogP contribution in [-0.2, 0) is 0 Å². The van der Waals surface area contributed by atoms with E-state index in [2.05, 4.69) is 68.2 Å². The lowest BCUT2D eigenvalue weighted by atomic mass is 9.98. The molecule has 2 atom stereocenters. The highest BCUT2D eigenvalue weighted by Crippen LogP contribution is 2.32. The van der Waals surface area contributed by atoms with Gasteiger partial charge in [0, 0.05) is 18.6 Å². The van der Waals surface area contributed by atoms with Gasteiger partial charge in [0.2, 0.25) is 0 Å². The third kappa shape index (κ3) is 4.55. The maximum atomic E-state index is 3.68. The number of rotatable bonds is 7. The van der Waals surface area contributed by atoms with Crippen LogP contribution >= 0.6 is 0 Å². The van der Waals surface area contributed by atoms with Crippen molar-refractivity contribution in [3.8, 4) is 0 Å². The van der Waals surface area contributed by atoms with Gasteiger partial charge in [0.1, 0.15) is 0 Å². The zero-order chi connectivity index (χ0) is 15.2. The first kappa shape index (κ1) is 16.5. The van der Waals surface area contributed by atoms with Crippen LogP contribution in [0.4, 0.5) is 0 Å². The highest BCUT2D eigenvalue weighted by Gasteiger charge is 2.32. The van der Waals surface area contributed by atoms with Crippen LogP contribution in [0.3, 0.4) is 0 Å². The molecular formula is C19H32N2. The van der Waals surface area contributed by atoms with Crippen LogP contribution in [0.15, 0.2) is 30.3 Å². The van der Waals surface area contributed by atoms with E-state index in [9.17, 15) is 0 Å². The first-order valence-corrected chi connectivity index (χ1v) is 8.61. The summed E-state index contributed by atoms with van der Waals surface area (Å²) < 4.78 is 0. The minimum absolute atomic E-state index is 0.514. The molecule has 1 heterocycles. The van der Waals surface area contributed by atoms with Gasteiger partial charge in [-0.3, -0.25) is 4.90 Å². The van der Waals surface area contributed by atoms with Crippen molar-refractivity contribution >= 4 is 0 Å². The van der Waals surface area contributed by atoms with Gasteiger partial charge in [-0.05, 0) is 43.3 Å². The van der Waals surface area contributed by atoms with Crippen LogP contribution in [0.1, 0.15) is 52.1 Å². The molecule has 1 aromatic carbocycles. The fourth-order valence-electron chi connectivity index (χ4n) is 3.53. The summed E-state index contributed by atoms with van der Waals surface area (Å²) in [7, 11) is 0. The zero-order valence-corrected chi connectivity index (χ0v) is 14.2. The van der Waals surface area contributed by atoms with Gasteiger partial charge in [-0.15, -0.1) is 0 Å². The minimum Gasteiger partial charge on any atom is -0.315 e. The number of hydrogen-bond acceptors (Lipinski definition) is 2. The van der Waals surface area contributed by atoms with Crippen molar-refractivity contribution in [2.75, 3.05) is 19.6 Å². The molecule has 0 spiro atoms. The van der Waals surface area contributed by atoms with Gasteiger partial charge in [-0.25, -0.2) is 0 Å². The second-order valence-electron chi connectivity index (χ2n) is 7.17. The SMILES string of the molecule is CC(C)CNCC(c1ccccc1)N1CCCC1C(C)C. The molecule has 0 amide bonds. The second-order valence-corrected chi connectivity index (χ2v) is 7.17. The summed E-state index contributed by atoms with van der Waals surface area (Å²) in [5, 5.41) is 3.68. The van der Waals surface area contributed by atoms with Crippen LogP contribution in [0.5, 0.6) is 0 Å². The van der Waals surface area contributed by atoms with Crippen molar-refractivity contribution in [3.05, 3.63) is 35.9 Å². The van der Waals surface area contributed by atoms with E-state index in [1.807, 2.05) is 0 Å². The third-order valence-corrected chi connectivity index (χ3v) is 4.59. The van der Waals surface area contributed by atoms with E-state index in [-0.39, 0.29) is 0 Å². The summed E-state index contributed by atoms with van der Waals surface area (Å²) in [6.07, 6.45) is 2.70. The van der Waals surface area contributed by atoms with Crippen molar-refractivity contribution in [3.63, 3.8) is 0 Å². The largest absolute Gasteiger partial charge is 0.315 e. The molecule has 1 aromatic rings. The summed E-state index contributed by atoms with van der Waals surface area (Å²) >= 11 is 0. The fraction of sp³-hybridized carbons (Fsp3) is 0.684. The zero-order valence-electron chi connectivity index (χ0n) is 14.2. The van der Waals surface area contributed by atoms with E-state index < -0.39 is 0 Å². The number of likely N-dealkylation sites (tertiary alicyclic amines) is 1. The highest BCUT2D eigenvalue weighted by molar-refractivity contribution is 5.20. The lowest BCUT2D eigenvalue weighted by molar-refractivity contribution is 0.142. The summed E-state index contributed by atoms with van der Waals surface area (Å²) in [6, 6.07) is 12.3. The molecule has 1 aliphatic heterocycles. The molecule has 1 aliphatic rings. The molecule has 118 valence electrons. The molecule has 0 aliphatic carbocycles. The minimum atomic E-state index is 0.514. The Hall–Kier alpha value is -0.860. The predicted octanol–water partition coefficient (Wildman–Crippen LogP) is 4.09. The van der Waals surface area contributed by atoms with E-state index in [4.69, 9.17) is 0 Å². The van der Waals surface area contributed by atoms with Crippen LogP contribution in [0.2, 0.25) is 0 Å². The van der Waals surface area contributed by atoms with E-state index in [1.165, 1.54) is 24.9 Å². The summed E-state index contributed by atoms with van der Waals surface area (Å²) in [6.45, 7) is 12.7. The molecule has 2 heteroatoms. The van der Waals surface area contributed by atoms with Crippen LogP contribution in [0, 0.1) is 11.8 Å². The average Bonchev–Trinajstić information content (AvgIpc) is 2.93. The molecule has 0 aromatic heterocycles. The quantitative estimate of drug-likeness (QED) is 0.813. The Labute approximate surface area is 130 Å². The molecule has 0 radical (unpaired) electrons. The fourth-order valence-corrected chi connectivity index (χ4v) is 3.53. The van der Waals surface area contributed by atoms with Gasteiger partial charge in [0.05, 0.1) is 0 Å². The first-order valence-electron chi connectivity index (χ1n) is 8.61. The molecule has 21 heavy (non-hydrogen) atoms. The van der Waals surface area contributed by atoms with Gasteiger partial charge < -0.3 is 5.32 Å². The number of benzene rings is 1. The van der Waals surface area contributed by atoms with Crippen molar-refractivity contribution in [1.82, 2.24) is 10.2 Å². The topological polar surface area (TPSA) is 15.3 Å². The molecule has 2 unspecified atom stereocenters. The Kier molecular flexibility index (Phi) is 6.25. The maximum absolute atomic E-state index is 3.68. The lowest BCUT2D eigenvalue weighted by Crippen LogP contribution is -2.41. The lowest BCUT2D eigenvalue weighted by Gasteiger charge is -2.36. The second kappa shape index (κ2) is 7.95. The van der Waals surface area contributed by atoms with Crippen LogP contribution in [0.25, 0.3) is 0 Å². The van der Waals surface area contributed by atoms with Crippen LogP contribution in [-0.4, -0.2) is 30.6 Å². The smallest absolute Gasteiger partial charge is 0.0475 e. The van der Waals surface area contributed by atoms with Gasteiger partial charge in [-0.1, -0.05) is 58.0 Å². The molecule has 1 N–H and O–H groups in total. The first-order chi connectivity index (χ1) is 10.1. The summed E-state index contributed by atoms with van der Waals surface area (Å²) in [5.41, 5.74) is 1.46. The van der Waals surface area contributed by atoms with Crippen molar-refractivity contribution in [2.45, 2.75) is 52.6 Å². The van der Waals surface area contributed by atoms with E-state index >= 15 is 0 Å². The van der Waals surface area contributed by atoms with Gasteiger partial charge >= 0.3 is 0 Å². The van der Waals surface area contributed by atoms with Gasteiger partial charge in [0.25, 0.3) is 0 Å². The highest BCUT2D eigenvalue weighted by atomic mass is 15.2. The molecule has 2 rings (SSSR count). The monoisotopic (exact) mass is 288 g/mol. The van der Waals surface area contributed by atoms with E-state index in [0.717, 1.165) is 25.0 Å². The average molecular weight is 288 g/mol. The Morgan fingerprint density at radius 1 is 1.10 bits per heavy atom. The maximum Gasteiger partial charge on any atom is 0.0475 e. The van der Waals surface area contributed by atoms with E-state index in [0.29, 0.717) is 12.0 Å². The molecule has 2 nitrogen and oxygen atoms in total. The molecule has 1 fully saturated rings. The summed E-state index contributed by atoms with van der Waals surface area (Å²) in [4.78, 5) is 2.74. The number of hydrogen-bond donors (Lipinski definition) is 1. The Morgan fingerprint density at radius 3 is 2.43 bits per heavy atom. The van der Waals surface area contributed by atoms with Crippen LogP contribution < -0.4 is 5.32 Å². The normalized spacial score (nSPS) is 21.3. The van der Waals surface area contributed by atoms with Gasteiger partial charge in [-0.2, -0.15) is 0 Å². The standard InChI is InChI=1S/C19H32N2/c1-15(2)13-20-14-19(17-9-6-5-7-10-17)21-12-8-11-18(21)16(3)4/h5-7,9-10,15-16,18-20H,8,11-14H2,1-4H3. The van der Waals surface area contributed by atoms with Gasteiger partial charge in [0.15, 0.2) is 0 Å². The number of nitrogens with one attached hydrogen (secondary N) is 1. The Morgan fingerprint density at radius 2 is 1.81 bits per heavy atom. The van der Waals surface area contributed by atoms with E-state index in [1.54, 1.807) is 0 Å². The molecule has 1 saturated heterocycles. The van der Waals surface area contributed by atoms with Crippen molar-refractivity contribution in [1.29, 1.82) is 0 Å². The van der Waals surface area contributed by atoms with Crippen molar-refractivity contribution < 1.29 is 0 Å². The van der Waals surface area contributed by atoms with Crippen molar-refractivity contribution in [2.24, 2.45) is 11.8 Å². The molecular weight excluding hydrogens is 256 g/mol. The Balaban J connectivity index is 2.11. The number of nitrogens with zero attached hydrogens (tertiary/aromatic N) is 1. The third-order valence-electron chi connectivity index (χ3n) is 4.59. The molecule has 0 saturated carbocycles.